The Morgan fingerprint density at radius 1 is 1.14 bits per heavy atom. The van der Waals surface area contributed by atoms with E-state index in [0.717, 1.165) is 26.7 Å². The molecule has 2 aromatic heterocycles. The molecule has 1 aliphatic rings. The molecule has 2 aromatic carbocycles. The van der Waals surface area contributed by atoms with Crippen molar-refractivity contribution in [3.05, 3.63) is 80.0 Å². The topological polar surface area (TPSA) is 101 Å². The molecule has 1 aliphatic heterocycles. The molecule has 3 heterocycles. The van der Waals surface area contributed by atoms with Gasteiger partial charge in [0.1, 0.15) is 11.7 Å². The fraction of sp³-hybridized carbons (Fsp3) is 0.105. The van der Waals surface area contributed by atoms with Crippen molar-refractivity contribution >= 4 is 27.6 Å². The number of aryl methyl sites for hydroxylation is 1. The molecule has 28 heavy (non-hydrogen) atoms. The lowest BCUT2D eigenvalue weighted by atomic mass is 9.92. The average molecular weight is 436 g/mol. The largest absolute Gasteiger partial charge is 0.318 e. The number of hydrogen-bond donors (Lipinski definition) is 2. The van der Waals surface area contributed by atoms with Crippen LogP contribution in [0.4, 0.5) is 11.6 Å². The lowest BCUT2D eigenvalue weighted by Crippen LogP contribution is -2.29. The van der Waals surface area contributed by atoms with E-state index in [1.54, 1.807) is 4.68 Å². The van der Waals surface area contributed by atoms with Gasteiger partial charge < -0.3 is 5.32 Å². The van der Waals surface area contributed by atoms with Crippen LogP contribution >= 0.6 is 15.9 Å². The van der Waals surface area contributed by atoms with Crippen molar-refractivity contribution in [1.82, 2.24) is 30.4 Å². The SMILES string of the molecule is Cc1ccc(-c2n[nH]c(=O)c3c2[C@H](c2cccc(Br)c2)n2nnnc2N3)cc1. The zero-order valence-corrected chi connectivity index (χ0v) is 16.3. The number of anilines is 2. The van der Waals surface area contributed by atoms with Crippen LogP contribution in [0.15, 0.2) is 57.8 Å². The Bertz CT molecular complexity index is 1250. The molecule has 0 saturated heterocycles. The normalized spacial score (nSPS) is 14.9. The summed E-state index contributed by atoms with van der Waals surface area (Å²) in [6, 6.07) is 15.5. The summed E-state index contributed by atoms with van der Waals surface area (Å²) in [5.41, 5.74) is 4.46. The van der Waals surface area contributed by atoms with Crippen LogP contribution in [0.3, 0.4) is 0 Å². The highest BCUT2D eigenvalue weighted by atomic mass is 79.9. The molecule has 8 nitrogen and oxygen atoms in total. The standard InChI is InChI=1S/C19H14BrN7O/c1-10-5-7-11(8-6-10)15-14-16(18(28)23-22-15)21-19-24-25-26-27(19)17(14)12-3-2-4-13(20)9-12/h2-9,17H,1H3,(H,23,28)(H,21,24,26)/t17-/m0/s1. The summed E-state index contributed by atoms with van der Waals surface area (Å²) < 4.78 is 2.59. The molecule has 0 bridgehead atoms. The summed E-state index contributed by atoms with van der Waals surface area (Å²) in [6.45, 7) is 2.03. The maximum atomic E-state index is 12.6. The predicted octanol–water partition coefficient (Wildman–Crippen LogP) is 3.19. The molecule has 0 aliphatic carbocycles. The van der Waals surface area contributed by atoms with E-state index >= 15 is 0 Å². The van der Waals surface area contributed by atoms with E-state index in [-0.39, 0.29) is 5.56 Å². The number of halogens is 1. The molecule has 9 heteroatoms. The number of hydrogen-bond acceptors (Lipinski definition) is 6. The van der Waals surface area contributed by atoms with Crippen molar-refractivity contribution in [1.29, 1.82) is 0 Å². The third-order valence-electron chi connectivity index (χ3n) is 4.76. The minimum absolute atomic E-state index is 0.319. The van der Waals surface area contributed by atoms with Crippen molar-refractivity contribution in [2.24, 2.45) is 0 Å². The van der Waals surface area contributed by atoms with E-state index in [9.17, 15) is 4.79 Å². The summed E-state index contributed by atoms with van der Waals surface area (Å²) >= 11 is 3.53. The Morgan fingerprint density at radius 3 is 2.75 bits per heavy atom. The molecule has 0 spiro atoms. The molecular weight excluding hydrogens is 422 g/mol. The van der Waals surface area contributed by atoms with Gasteiger partial charge in [0, 0.05) is 15.6 Å². The first-order chi connectivity index (χ1) is 13.6. The second kappa shape index (κ2) is 6.38. The van der Waals surface area contributed by atoms with E-state index in [4.69, 9.17) is 0 Å². The molecule has 4 aromatic rings. The smallest absolute Gasteiger partial charge is 0.288 e. The number of aromatic amines is 1. The van der Waals surface area contributed by atoms with Gasteiger partial charge in [-0.3, -0.25) is 4.79 Å². The van der Waals surface area contributed by atoms with E-state index < -0.39 is 6.04 Å². The predicted molar refractivity (Wildman–Crippen MR) is 108 cm³/mol. The summed E-state index contributed by atoms with van der Waals surface area (Å²) in [4.78, 5) is 12.6. The van der Waals surface area contributed by atoms with Crippen LogP contribution in [0, 0.1) is 6.92 Å². The quantitative estimate of drug-likeness (QED) is 0.441. The van der Waals surface area contributed by atoms with E-state index in [1.165, 1.54) is 0 Å². The van der Waals surface area contributed by atoms with Crippen LogP contribution < -0.4 is 10.9 Å². The number of rotatable bonds is 2. The molecule has 2 N–H and O–H groups in total. The highest BCUT2D eigenvalue weighted by Crippen LogP contribution is 2.41. The van der Waals surface area contributed by atoms with Gasteiger partial charge in [-0.1, -0.05) is 63.0 Å². The molecule has 0 radical (unpaired) electrons. The van der Waals surface area contributed by atoms with Gasteiger partial charge in [-0.15, -0.1) is 0 Å². The molecular formula is C19H14BrN7O. The summed E-state index contributed by atoms with van der Waals surface area (Å²) in [5.74, 6) is 0.407. The van der Waals surface area contributed by atoms with Crippen molar-refractivity contribution < 1.29 is 0 Å². The second-order valence-corrected chi connectivity index (χ2v) is 7.50. The zero-order valence-electron chi connectivity index (χ0n) is 14.7. The van der Waals surface area contributed by atoms with Gasteiger partial charge in [0.2, 0.25) is 5.95 Å². The third-order valence-corrected chi connectivity index (χ3v) is 5.25. The Morgan fingerprint density at radius 2 is 1.96 bits per heavy atom. The van der Waals surface area contributed by atoms with Crippen molar-refractivity contribution in [3.8, 4) is 11.3 Å². The Hall–Kier alpha value is -3.33. The minimum Gasteiger partial charge on any atom is -0.318 e. The van der Waals surface area contributed by atoms with Crippen molar-refractivity contribution in [3.63, 3.8) is 0 Å². The van der Waals surface area contributed by atoms with Gasteiger partial charge in [0.25, 0.3) is 5.56 Å². The van der Waals surface area contributed by atoms with Gasteiger partial charge in [-0.2, -0.15) is 9.78 Å². The Labute approximate surface area is 167 Å². The number of nitrogens with zero attached hydrogens (tertiary/aromatic N) is 5. The molecule has 0 fully saturated rings. The van der Waals surface area contributed by atoms with Crippen LogP contribution in [0.1, 0.15) is 22.7 Å². The van der Waals surface area contributed by atoms with Gasteiger partial charge in [0.05, 0.1) is 5.69 Å². The Balaban J connectivity index is 1.82. The Kier molecular flexibility index (Phi) is 3.83. The van der Waals surface area contributed by atoms with Crippen LogP contribution in [-0.2, 0) is 0 Å². The van der Waals surface area contributed by atoms with Gasteiger partial charge in [-0.05, 0) is 35.0 Å². The van der Waals surface area contributed by atoms with E-state index in [2.05, 4.69) is 47.0 Å². The summed E-state index contributed by atoms with van der Waals surface area (Å²) in [7, 11) is 0. The molecule has 0 unspecified atom stereocenters. The molecule has 0 saturated carbocycles. The van der Waals surface area contributed by atoms with Gasteiger partial charge in [0.15, 0.2) is 0 Å². The number of aromatic nitrogens is 6. The van der Waals surface area contributed by atoms with E-state index in [1.807, 2.05) is 55.5 Å². The number of nitrogens with one attached hydrogen (secondary N) is 2. The van der Waals surface area contributed by atoms with E-state index in [0.29, 0.717) is 17.3 Å². The first-order valence-electron chi connectivity index (χ1n) is 8.62. The molecule has 5 rings (SSSR count). The highest BCUT2D eigenvalue weighted by molar-refractivity contribution is 9.10. The summed E-state index contributed by atoms with van der Waals surface area (Å²) in [6.07, 6.45) is 0. The van der Waals surface area contributed by atoms with Crippen LogP contribution in [0.25, 0.3) is 11.3 Å². The monoisotopic (exact) mass is 435 g/mol. The average Bonchev–Trinajstić information content (AvgIpc) is 3.16. The first kappa shape index (κ1) is 16.8. The number of tetrazole rings is 1. The lowest BCUT2D eigenvalue weighted by molar-refractivity contribution is 0.567. The number of benzene rings is 2. The fourth-order valence-electron chi connectivity index (χ4n) is 3.45. The maximum Gasteiger partial charge on any atom is 0.288 e. The zero-order chi connectivity index (χ0) is 19.3. The van der Waals surface area contributed by atoms with Crippen LogP contribution in [0.2, 0.25) is 0 Å². The highest BCUT2D eigenvalue weighted by Gasteiger charge is 2.34. The van der Waals surface area contributed by atoms with Crippen LogP contribution in [0.5, 0.6) is 0 Å². The summed E-state index contributed by atoms with van der Waals surface area (Å²) in [5, 5.41) is 22.0. The van der Waals surface area contributed by atoms with Crippen molar-refractivity contribution in [2.75, 3.05) is 5.32 Å². The minimum atomic E-state index is -0.398. The van der Waals surface area contributed by atoms with Gasteiger partial charge >= 0.3 is 0 Å². The number of fused-ring (bicyclic) bond motifs is 2. The van der Waals surface area contributed by atoms with Crippen LogP contribution in [-0.4, -0.2) is 30.4 Å². The third kappa shape index (κ3) is 2.63. The molecule has 138 valence electrons. The molecule has 1 atom stereocenters. The lowest BCUT2D eigenvalue weighted by Gasteiger charge is -2.27. The van der Waals surface area contributed by atoms with Gasteiger partial charge in [-0.25, -0.2) is 5.10 Å². The first-order valence-corrected chi connectivity index (χ1v) is 9.41. The van der Waals surface area contributed by atoms with Crippen molar-refractivity contribution in [2.45, 2.75) is 13.0 Å². The molecule has 0 amide bonds. The maximum absolute atomic E-state index is 12.6. The second-order valence-electron chi connectivity index (χ2n) is 6.59. The fourth-order valence-corrected chi connectivity index (χ4v) is 3.87. The number of H-pyrrole nitrogens is 1.